The molecular weight excluding hydrogens is 471 g/mol. The zero-order valence-electron chi connectivity index (χ0n) is 19.5. The molecule has 0 unspecified atom stereocenters. The van der Waals surface area contributed by atoms with Gasteiger partial charge in [-0.05, 0) is 24.3 Å². The van der Waals surface area contributed by atoms with Crippen LogP contribution in [-0.2, 0) is 4.57 Å². The van der Waals surface area contributed by atoms with Crippen LogP contribution >= 0.6 is 18.5 Å². The lowest BCUT2D eigenvalue weighted by atomic mass is 10.1. The predicted octanol–water partition coefficient (Wildman–Crippen LogP) is 6.74. The van der Waals surface area contributed by atoms with E-state index in [1.54, 1.807) is 25.6 Å². The Morgan fingerprint density at radius 2 is 1.09 bits per heavy atom. The summed E-state index contributed by atoms with van der Waals surface area (Å²) in [5.41, 5.74) is 1.88. The largest absolute Gasteiger partial charge is 0.496 e. The van der Waals surface area contributed by atoms with Crippen molar-refractivity contribution < 1.29 is 14.0 Å². The summed E-state index contributed by atoms with van der Waals surface area (Å²) in [6.45, 7) is 0. The van der Waals surface area contributed by atoms with E-state index < -0.39 is 7.14 Å². The van der Waals surface area contributed by atoms with Crippen molar-refractivity contribution in [2.45, 2.75) is 0 Å². The van der Waals surface area contributed by atoms with Gasteiger partial charge in [0.1, 0.15) is 11.5 Å². The monoisotopic (exact) mass is 496 g/mol. The maximum absolute atomic E-state index is 15.1. The van der Waals surface area contributed by atoms with Crippen LogP contribution in [0.4, 0.5) is 0 Å². The van der Waals surface area contributed by atoms with Gasteiger partial charge in [0.15, 0.2) is 7.14 Å². The van der Waals surface area contributed by atoms with Crippen molar-refractivity contribution >= 4 is 34.4 Å². The van der Waals surface area contributed by atoms with Crippen molar-refractivity contribution in [1.82, 2.24) is 0 Å². The maximum Gasteiger partial charge on any atom is 0.171 e. The number of methoxy groups -OCH3 is 2. The predicted molar refractivity (Wildman–Crippen MR) is 148 cm³/mol. The van der Waals surface area contributed by atoms with E-state index in [1.165, 1.54) is 0 Å². The Labute approximate surface area is 210 Å². The number of rotatable bonds is 7. The third-order valence-electron chi connectivity index (χ3n) is 6.03. The van der Waals surface area contributed by atoms with Crippen LogP contribution in [0.5, 0.6) is 11.5 Å². The molecule has 0 amide bonds. The van der Waals surface area contributed by atoms with Crippen LogP contribution in [0.25, 0.3) is 20.9 Å². The normalized spacial score (nSPS) is 11.3. The summed E-state index contributed by atoms with van der Waals surface area (Å²) >= 11 is 1.64. The standard InChI is InChI=1S/C30H25O3PS/c1-32-25-17-11-18-26(33-2)30(25)29-21-20-28(35-29)24-16-9-10-19-27(24)34(31,22-12-5-3-6-13-22)23-14-7-4-8-15-23/h3-21H,1-2H3. The molecule has 0 saturated carbocycles. The van der Waals surface area contributed by atoms with Gasteiger partial charge in [-0.25, -0.2) is 0 Å². The summed E-state index contributed by atoms with van der Waals surface area (Å²) in [6.07, 6.45) is 0. The molecule has 0 N–H and O–H groups in total. The highest BCUT2D eigenvalue weighted by atomic mass is 32.1. The van der Waals surface area contributed by atoms with E-state index in [9.17, 15) is 0 Å². The Morgan fingerprint density at radius 1 is 0.571 bits per heavy atom. The van der Waals surface area contributed by atoms with E-state index in [-0.39, 0.29) is 0 Å². The molecule has 35 heavy (non-hydrogen) atoms. The maximum atomic E-state index is 15.1. The highest BCUT2D eigenvalue weighted by Gasteiger charge is 2.32. The molecule has 3 nitrogen and oxygen atoms in total. The Bertz CT molecular complexity index is 1430. The average molecular weight is 497 g/mol. The van der Waals surface area contributed by atoms with E-state index in [4.69, 9.17) is 9.47 Å². The van der Waals surface area contributed by atoms with Gasteiger partial charge < -0.3 is 14.0 Å². The molecule has 0 fully saturated rings. The molecule has 0 atom stereocenters. The lowest BCUT2D eigenvalue weighted by Crippen LogP contribution is -2.26. The molecule has 0 saturated heterocycles. The van der Waals surface area contributed by atoms with Gasteiger partial charge >= 0.3 is 0 Å². The smallest absolute Gasteiger partial charge is 0.171 e. The van der Waals surface area contributed by atoms with Crippen molar-refractivity contribution in [2.24, 2.45) is 0 Å². The fourth-order valence-corrected chi connectivity index (χ4v) is 8.42. The second kappa shape index (κ2) is 9.95. The van der Waals surface area contributed by atoms with E-state index in [0.29, 0.717) is 0 Å². The SMILES string of the molecule is COc1cccc(OC)c1-c1ccc(-c2ccccc2P(=O)(c2ccccc2)c2ccccc2)s1. The van der Waals surface area contributed by atoms with Gasteiger partial charge in [-0.15, -0.1) is 11.3 Å². The number of ether oxygens (including phenoxy) is 2. The highest BCUT2D eigenvalue weighted by Crippen LogP contribution is 2.48. The van der Waals surface area contributed by atoms with Crippen molar-refractivity contribution in [3.63, 3.8) is 0 Å². The lowest BCUT2D eigenvalue weighted by Gasteiger charge is -2.22. The Hall–Kier alpha value is -3.59. The number of benzene rings is 4. The fourth-order valence-electron chi connectivity index (χ4n) is 4.37. The van der Waals surface area contributed by atoms with E-state index in [2.05, 4.69) is 18.2 Å². The van der Waals surface area contributed by atoms with Crippen LogP contribution in [0, 0.1) is 0 Å². The molecule has 1 aromatic heterocycles. The summed E-state index contributed by atoms with van der Waals surface area (Å²) in [5, 5.41) is 2.47. The summed E-state index contributed by atoms with van der Waals surface area (Å²) in [7, 11) is 0.214. The quantitative estimate of drug-likeness (QED) is 0.234. The van der Waals surface area contributed by atoms with E-state index in [0.717, 1.165) is 48.3 Å². The lowest BCUT2D eigenvalue weighted by molar-refractivity contribution is 0.397. The van der Waals surface area contributed by atoms with Gasteiger partial charge in [-0.3, -0.25) is 0 Å². The molecule has 0 aliphatic heterocycles. The van der Waals surface area contributed by atoms with Crippen molar-refractivity contribution in [3.05, 3.63) is 115 Å². The molecule has 5 aromatic rings. The number of thiophene rings is 1. The molecule has 4 aromatic carbocycles. The summed E-state index contributed by atoms with van der Waals surface area (Å²) in [5.74, 6) is 1.51. The summed E-state index contributed by atoms with van der Waals surface area (Å²) in [4.78, 5) is 2.06. The molecule has 0 aliphatic rings. The molecule has 174 valence electrons. The first kappa shape index (κ1) is 23.2. The van der Waals surface area contributed by atoms with Crippen LogP contribution in [0.15, 0.2) is 115 Å². The third kappa shape index (κ3) is 4.20. The van der Waals surface area contributed by atoms with Crippen LogP contribution < -0.4 is 25.4 Å². The molecule has 0 spiro atoms. The minimum absolute atomic E-state index is 0.755. The number of hydrogen-bond acceptors (Lipinski definition) is 4. The van der Waals surface area contributed by atoms with Gasteiger partial charge in [0, 0.05) is 31.2 Å². The van der Waals surface area contributed by atoms with Gasteiger partial charge in [0.25, 0.3) is 0 Å². The number of hydrogen-bond donors (Lipinski definition) is 0. The van der Waals surface area contributed by atoms with E-state index >= 15 is 4.57 Å². The molecule has 0 aliphatic carbocycles. The summed E-state index contributed by atoms with van der Waals surface area (Å²) in [6, 6.07) is 37.5. The first-order chi connectivity index (χ1) is 17.2. The van der Waals surface area contributed by atoms with Crippen LogP contribution in [0.3, 0.4) is 0 Å². The Morgan fingerprint density at radius 3 is 1.66 bits per heavy atom. The zero-order valence-corrected chi connectivity index (χ0v) is 21.3. The second-order valence-electron chi connectivity index (χ2n) is 8.00. The topological polar surface area (TPSA) is 35.5 Å². The van der Waals surface area contributed by atoms with Crippen molar-refractivity contribution in [1.29, 1.82) is 0 Å². The zero-order chi connectivity index (χ0) is 24.3. The van der Waals surface area contributed by atoms with Crippen LogP contribution in [0.2, 0.25) is 0 Å². The molecule has 5 heteroatoms. The molecule has 1 heterocycles. The van der Waals surface area contributed by atoms with Crippen LogP contribution in [-0.4, -0.2) is 14.2 Å². The van der Waals surface area contributed by atoms with Gasteiger partial charge in [-0.2, -0.15) is 0 Å². The first-order valence-corrected chi connectivity index (χ1v) is 13.8. The summed E-state index contributed by atoms with van der Waals surface area (Å²) < 4.78 is 26.3. The average Bonchev–Trinajstić information content (AvgIpc) is 3.43. The first-order valence-electron chi connectivity index (χ1n) is 11.3. The Kier molecular flexibility index (Phi) is 6.59. The fraction of sp³-hybridized carbons (Fsp3) is 0.0667. The molecule has 5 rings (SSSR count). The van der Waals surface area contributed by atoms with Crippen molar-refractivity contribution in [3.8, 4) is 32.4 Å². The van der Waals surface area contributed by atoms with Crippen LogP contribution in [0.1, 0.15) is 0 Å². The molecule has 0 radical (unpaired) electrons. The van der Waals surface area contributed by atoms with Gasteiger partial charge in [-0.1, -0.05) is 91.0 Å². The highest BCUT2D eigenvalue weighted by molar-refractivity contribution is 7.85. The third-order valence-corrected chi connectivity index (χ3v) is 10.3. The van der Waals surface area contributed by atoms with E-state index in [1.807, 2.05) is 97.1 Å². The van der Waals surface area contributed by atoms with Gasteiger partial charge in [0.2, 0.25) is 0 Å². The minimum Gasteiger partial charge on any atom is -0.496 e. The van der Waals surface area contributed by atoms with Crippen molar-refractivity contribution in [2.75, 3.05) is 14.2 Å². The molecular formula is C30H25O3PS. The Balaban J connectivity index is 1.70. The van der Waals surface area contributed by atoms with Gasteiger partial charge in [0.05, 0.1) is 19.8 Å². The minimum atomic E-state index is -3.12. The second-order valence-corrected chi connectivity index (χ2v) is 11.8. The molecule has 0 bridgehead atoms.